The molecule has 1 atom stereocenters. The third kappa shape index (κ3) is 2.21. The number of aliphatic hydroxyl groups excluding tert-OH is 1. The quantitative estimate of drug-likeness (QED) is 0.779. The molecule has 0 amide bonds. The van der Waals surface area contributed by atoms with Gasteiger partial charge in [0.15, 0.2) is 0 Å². The summed E-state index contributed by atoms with van der Waals surface area (Å²) in [6, 6.07) is 1.78. The highest BCUT2D eigenvalue weighted by Crippen LogP contribution is 2.26. The number of ether oxygens (including phenoxy) is 1. The Kier molecular flexibility index (Phi) is 3.30. The predicted molar refractivity (Wildman–Crippen MR) is 72.5 cm³/mol. The Bertz CT molecular complexity index is 726. The molecule has 0 aromatic carbocycles. The summed E-state index contributed by atoms with van der Waals surface area (Å²) in [7, 11) is 0. The number of nitrogens with zero attached hydrogens (tertiary/aromatic N) is 4. The van der Waals surface area contributed by atoms with Crippen LogP contribution < -0.4 is 4.74 Å². The van der Waals surface area contributed by atoms with Crippen molar-refractivity contribution >= 4 is 5.52 Å². The summed E-state index contributed by atoms with van der Waals surface area (Å²) in [6.07, 6.45) is 9.11. The number of fused-ring (bicyclic) bond motifs is 1. The molecule has 6 nitrogen and oxygen atoms in total. The summed E-state index contributed by atoms with van der Waals surface area (Å²) in [4.78, 5) is 8.14. The first-order valence-corrected chi connectivity index (χ1v) is 6.32. The van der Waals surface area contributed by atoms with Gasteiger partial charge in [-0.15, -0.1) is 0 Å². The molecule has 3 rings (SSSR count). The fraction of sp³-hybridized carbons (Fsp3) is 0.214. The zero-order valence-corrected chi connectivity index (χ0v) is 11.0. The lowest BCUT2D eigenvalue weighted by Gasteiger charge is -2.11. The largest absolute Gasteiger partial charge is 0.492 e. The van der Waals surface area contributed by atoms with Crippen LogP contribution >= 0.6 is 0 Å². The second kappa shape index (κ2) is 5.26. The maximum atomic E-state index is 10.5. The second-order valence-electron chi connectivity index (χ2n) is 4.30. The first kappa shape index (κ1) is 12.6. The van der Waals surface area contributed by atoms with Crippen molar-refractivity contribution in [3.63, 3.8) is 0 Å². The van der Waals surface area contributed by atoms with Gasteiger partial charge in [0, 0.05) is 29.7 Å². The fourth-order valence-electron chi connectivity index (χ4n) is 2.07. The van der Waals surface area contributed by atoms with Crippen LogP contribution in [0.4, 0.5) is 0 Å². The fourth-order valence-corrected chi connectivity index (χ4v) is 2.07. The van der Waals surface area contributed by atoms with E-state index in [0.717, 1.165) is 5.52 Å². The van der Waals surface area contributed by atoms with Crippen molar-refractivity contribution in [3.05, 3.63) is 54.4 Å². The third-order valence-electron chi connectivity index (χ3n) is 3.01. The van der Waals surface area contributed by atoms with Gasteiger partial charge >= 0.3 is 0 Å². The molecule has 0 aliphatic heterocycles. The van der Waals surface area contributed by atoms with E-state index in [0.29, 0.717) is 23.5 Å². The normalized spacial score (nSPS) is 12.5. The molecule has 0 bridgehead atoms. The number of aliphatic hydroxyl groups is 1. The van der Waals surface area contributed by atoms with Gasteiger partial charge in [-0.2, -0.15) is 5.10 Å². The minimum absolute atomic E-state index is 0.557. The Morgan fingerprint density at radius 2 is 2.15 bits per heavy atom. The second-order valence-corrected chi connectivity index (χ2v) is 4.30. The first-order valence-electron chi connectivity index (χ1n) is 6.32. The van der Waals surface area contributed by atoms with Gasteiger partial charge in [0.05, 0.1) is 30.7 Å². The summed E-state index contributed by atoms with van der Waals surface area (Å²) in [5, 5.41) is 14.7. The number of hydrogen-bond acceptors (Lipinski definition) is 5. The van der Waals surface area contributed by atoms with Crippen LogP contribution in [0.2, 0.25) is 0 Å². The summed E-state index contributed by atoms with van der Waals surface area (Å²) in [5.74, 6) is 0.638. The highest BCUT2D eigenvalue weighted by molar-refractivity contribution is 5.54. The van der Waals surface area contributed by atoms with E-state index in [9.17, 15) is 5.11 Å². The van der Waals surface area contributed by atoms with Gasteiger partial charge in [-0.25, -0.2) is 4.52 Å². The van der Waals surface area contributed by atoms with Gasteiger partial charge in [0.2, 0.25) is 0 Å². The van der Waals surface area contributed by atoms with Crippen LogP contribution in [-0.4, -0.2) is 31.3 Å². The molecule has 0 saturated heterocycles. The molecule has 1 N–H and O–H groups in total. The SMILES string of the molecule is CCOc1cncc(C(O)c2cnn3ccncc23)c1. The van der Waals surface area contributed by atoms with Crippen molar-refractivity contribution in [3.8, 4) is 5.75 Å². The molecule has 20 heavy (non-hydrogen) atoms. The smallest absolute Gasteiger partial charge is 0.137 e. The number of pyridine rings is 1. The monoisotopic (exact) mass is 270 g/mol. The minimum atomic E-state index is -0.815. The molecule has 0 saturated carbocycles. The molecular formula is C14H14N4O2. The Hall–Kier alpha value is -2.47. The molecule has 0 fully saturated rings. The van der Waals surface area contributed by atoms with Crippen LogP contribution in [0.5, 0.6) is 5.75 Å². The van der Waals surface area contributed by atoms with Crippen molar-refractivity contribution in [2.24, 2.45) is 0 Å². The van der Waals surface area contributed by atoms with Crippen molar-refractivity contribution in [2.75, 3.05) is 6.61 Å². The molecule has 6 heteroatoms. The third-order valence-corrected chi connectivity index (χ3v) is 3.01. The summed E-state index contributed by atoms with van der Waals surface area (Å²) < 4.78 is 7.07. The van der Waals surface area contributed by atoms with Gasteiger partial charge in [-0.3, -0.25) is 9.97 Å². The average molecular weight is 270 g/mol. The van der Waals surface area contributed by atoms with Gasteiger partial charge < -0.3 is 9.84 Å². The topological polar surface area (TPSA) is 72.5 Å². The molecule has 0 aliphatic rings. The van der Waals surface area contributed by atoms with E-state index in [1.807, 2.05) is 6.92 Å². The van der Waals surface area contributed by atoms with E-state index < -0.39 is 6.10 Å². The summed E-state index contributed by atoms with van der Waals surface area (Å²) in [5.41, 5.74) is 2.12. The van der Waals surface area contributed by atoms with Crippen LogP contribution in [0.15, 0.2) is 43.2 Å². The van der Waals surface area contributed by atoms with Crippen LogP contribution in [0.25, 0.3) is 5.52 Å². The van der Waals surface area contributed by atoms with E-state index >= 15 is 0 Å². The van der Waals surface area contributed by atoms with Crippen molar-refractivity contribution in [1.82, 2.24) is 19.6 Å². The van der Waals surface area contributed by atoms with Gasteiger partial charge in [-0.1, -0.05) is 0 Å². The van der Waals surface area contributed by atoms with E-state index in [4.69, 9.17) is 4.74 Å². The van der Waals surface area contributed by atoms with Crippen molar-refractivity contribution in [1.29, 1.82) is 0 Å². The molecule has 3 aromatic heterocycles. The highest BCUT2D eigenvalue weighted by atomic mass is 16.5. The van der Waals surface area contributed by atoms with Crippen LogP contribution in [0.1, 0.15) is 24.2 Å². The zero-order valence-electron chi connectivity index (χ0n) is 11.0. The van der Waals surface area contributed by atoms with E-state index in [1.54, 1.807) is 47.8 Å². The van der Waals surface area contributed by atoms with Crippen LogP contribution in [-0.2, 0) is 0 Å². The Morgan fingerprint density at radius 1 is 1.25 bits per heavy atom. The lowest BCUT2D eigenvalue weighted by atomic mass is 10.1. The van der Waals surface area contributed by atoms with Gasteiger partial charge in [0.25, 0.3) is 0 Å². The molecule has 3 aromatic rings. The van der Waals surface area contributed by atoms with Crippen molar-refractivity contribution in [2.45, 2.75) is 13.0 Å². The number of hydrogen-bond donors (Lipinski definition) is 1. The molecule has 0 spiro atoms. The lowest BCUT2D eigenvalue weighted by molar-refractivity contribution is 0.220. The first-order chi connectivity index (χ1) is 9.79. The molecule has 102 valence electrons. The number of aromatic nitrogens is 4. The standard InChI is InChI=1S/C14H14N4O2/c1-2-20-11-5-10(6-16-7-11)14(19)12-8-17-18-4-3-15-9-13(12)18/h3-9,14,19H,2H2,1H3. The number of rotatable bonds is 4. The average Bonchev–Trinajstić information content (AvgIpc) is 2.91. The van der Waals surface area contributed by atoms with Crippen LogP contribution in [0, 0.1) is 0 Å². The van der Waals surface area contributed by atoms with Crippen LogP contribution in [0.3, 0.4) is 0 Å². The lowest BCUT2D eigenvalue weighted by Crippen LogP contribution is -2.01. The maximum absolute atomic E-state index is 10.5. The summed E-state index contributed by atoms with van der Waals surface area (Å²) in [6.45, 7) is 2.46. The van der Waals surface area contributed by atoms with E-state index in [2.05, 4.69) is 15.1 Å². The Morgan fingerprint density at radius 3 is 3.00 bits per heavy atom. The van der Waals surface area contributed by atoms with Gasteiger partial charge in [-0.05, 0) is 13.0 Å². The molecule has 1 unspecified atom stereocenters. The van der Waals surface area contributed by atoms with E-state index in [-0.39, 0.29) is 0 Å². The zero-order chi connectivity index (χ0) is 13.9. The highest BCUT2D eigenvalue weighted by Gasteiger charge is 2.16. The molecule has 0 aliphatic carbocycles. The Balaban J connectivity index is 1.99. The van der Waals surface area contributed by atoms with Gasteiger partial charge in [0.1, 0.15) is 11.9 Å². The molecule has 0 radical (unpaired) electrons. The Labute approximate surface area is 115 Å². The molecule has 3 heterocycles. The minimum Gasteiger partial charge on any atom is -0.492 e. The van der Waals surface area contributed by atoms with Crippen molar-refractivity contribution < 1.29 is 9.84 Å². The molecular weight excluding hydrogens is 256 g/mol. The maximum Gasteiger partial charge on any atom is 0.137 e. The van der Waals surface area contributed by atoms with E-state index in [1.165, 1.54) is 0 Å². The predicted octanol–water partition coefficient (Wildman–Crippen LogP) is 1.60. The summed E-state index contributed by atoms with van der Waals surface area (Å²) >= 11 is 0.